The third-order valence-corrected chi connectivity index (χ3v) is 5.22. The van der Waals surface area contributed by atoms with E-state index >= 15 is 0 Å². The first kappa shape index (κ1) is 19.5. The topological polar surface area (TPSA) is 64.4 Å². The Labute approximate surface area is 175 Å². The summed E-state index contributed by atoms with van der Waals surface area (Å²) in [6.45, 7) is 4.08. The summed E-state index contributed by atoms with van der Waals surface area (Å²) >= 11 is 0. The highest BCUT2D eigenvalue weighted by Gasteiger charge is 2.26. The lowest BCUT2D eigenvalue weighted by molar-refractivity contribution is 0.0698. The van der Waals surface area contributed by atoms with Gasteiger partial charge in [0, 0.05) is 11.1 Å². The molecule has 5 heteroatoms. The normalized spacial score (nSPS) is 10.8. The molecule has 4 rings (SSSR count). The lowest BCUT2D eigenvalue weighted by Gasteiger charge is -2.10. The van der Waals surface area contributed by atoms with Crippen molar-refractivity contribution < 1.29 is 14.6 Å². The van der Waals surface area contributed by atoms with Gasteiger partial charge >= 0.3 is 5.97 Å². The van der Waals surface area contributed by atoms with Crippen molar-refractivity contribution >= 4 is 5.97 Å². The van der Waals surface area contributed by atoms with Gasteiger partial charge in [-0.2, -0.15) is 5.10 Å². The van der Waals surface area contributed by atoms with Gasteiger partial charge in [0.2, 0.25) is 0 Å². The van der Waals surface area contributed by atoms with Crippen molar-refractivity contribution in [3.05, 3.63) is 89.5 Å². The van der Waals surface area contributed by atoms with Crippen molar-refractivity contribution in [2.24, 2.45) is 0 Å². The Hall–Kier alpha value is -3.86. The van der Waals surface area contributed by atoms with Gasteiger partial charge in [-0.25, -0.2) is 9.48 Å². The van der Waals surface area contributed by atoms with Gasteiger partial charge in [-0.05, 0) is 49.2 Å². The molecule has 4 aromatic rings. The van der Waals surface area contributed by atoms with Gasteiger partial charge in [-0.1, -0.05) is 48.5 Å². The van der Waals surface area contributed by atoms with Crippen molar-refractivity contribution in [1.82, 2.24) is 9.78 Å². The number of rotatable bonds is 5. The molecule has 0 bridgehead atoms. The zero-order valence-corrected chi connectivity index (χ0v) is 17.1. The van der Waals surface area contributed by atoms with Crippen LogP contribution in [0, 0.1) is 13.8 Å². The maximum absolute atomic E-state index is 12.4. The second-order valence-electron chi connectivity index (χ2n) is 7.16. The second-order valence-corrected chi connectivity index (χ2v) is 7.16. The van der Waals surface area contributed by atoms with Crippen LogP contribution in [0.15, 0.2) is 72.8 Å². The standard InChI is InChI=1S/C25H22N2O3/c1-16-12-13-20(14-17(16)2)27-24(18-8-5-4-6-9-18)22(25(28)29)23(26-27)19-10-7-11-21(15-19)30-3/h4-15H,1-3H3,(H,28,29). The molecule has 3 aromatic carbocycles. The summed E-state index contributed by atoms with van der Waals surface area (Å²) < 4.78 is 7.05. The lowest BCUT2D eigenvalue weighted by atomic mass is 10.0. The predicted molar refractivity (Wildman–Crippen MR) is 117 cm³/mol. The van der Waals surface area contributed by atoms with Crippen LogP contribution in [0.3, 0.4) is 0 Å². The molecule has 0 aliphatic carbocycles. The molecule has 0 spiro atoms. The molecule has 30 heavy (non-hydrogen) atoms. The van der Waals surface area contributed by atoms with E-state index in [2.05, 4.69) is 0 Å². The van der Waals surface area contributed by atoms with Gasteiger partial charge in [0.25, 0.3) is 0 Å². The number of methoxy groups -OCH3 is 1. The smallest absolute Gasteiger partial charge is 0.340 e. The minimum atomic E-state index is -1.03. The number of aromatic nitrogens is 2. The van der Waals surface area contributed by atoms with E-state index < -0.39 is 5.97 Å². The zero-order chi connectivity index (χ0) is 21.3. The van der Waals surface area contributed by atoms with E-state index in [1.807, 2.05) is 80.6 Å². The molecule has 1 heterocycles. The Morgan fingerprint density at radius 3 is 2.30 bits per heavy atom. The van der Waals surface area contributed by atoms with Gasteiger partial charge in [-0.15, -0.1) is 0 Å². The maximum Gasteiger partial charge on any atom is 0.340 e. The number of nitrogens with zero attached hydrogens (tertiary/aromatic N) is 2. The Morgan fingerprint density at radius 2 is 1.63 bits per heavy atom. The molecule has 5 nitrogen and oxygen atoms in total. The summed E-state index contributed by atoms with van der Waals surface area (Å²) in [5.74, 6) is -0.382. The number of hydrogen-bond acceptors (Lipinski definition) is 3. The maximum atomic E-state index is 12.4. The third-order valence-electron chi connectivity index (χ3n) is 5.22. The van der Waals surface area contributed by atoms with E-state index in [0.717, 1.165) is 16.8 Å². The second kappa shape index (κ2) is 7.87. The van der Waals surface area contributed by atoms with Crippen molar-refractivity contribution in [2.45, 2.75) is 13.8 Å². The van der Waals surface area contributed by atoms with Crippen LogP contribution in [0.2, 0.25) is 0 Å². The lowest BCUT2D eigenvalue weighted by Crippen LogP contribution is -2.03. The molecule has 0 fully saturated rings. The summed E-state index contributed by atoms with van der Waals surface area (Å²) in [4.78, 5) is 12.4. The van der Waals surface area contributed by atoms with E-state index in [0.29, 0.717) is 22.7 Å². The van der Waals surface area contributed by atoms with Gasteiger partial charge in [0.05, 0.1) is 18.5 Å². The van der Waals surface area contributed by atoms with Crippen LogP contribution >= 0.6 is 0 Å². The fourth-order valence-electron chi connectivity index (χ4n) is 3.50. The van der Waals surface area contributed by atoms with Crippen molar-refractivity contribution in [2.75, 3.05) is 7.11 Å². The van der Waals surface area contributed by atoms with Crippen molar-refractivity contribution in [1.29, 1.82) is 0 Å². The van der Waals surface area contributed by atoms with Gasteiger partial charge < -0.3 is 9.84 Å². The molecule has 0 atom stereocenters. The highest BCUT2D eigenvalue weighted by Crippen LogP contribution is 2.35. The molecule has 0 aliphatic rings. The molecule has 1 aromatic heterocycles. The fraction of sp³-hybridized carbons (Fsp3) is 0.120. The number of carbonyl (C=O) groups is 1. The minimum absolute atomic E-state index is 0.160. The average molecular weight is 398 g/mol. The number of ether oxygens (including phenoxy) is 1. The van der Waals surface area contributed by atoms with E-state index in [1.165, 1.54) is 5.56 Å². The summed E-state index contributed by atoms with van der Waals surface area (Å²) in [5.41, 5.74) is 5.67. The van der Waals surface area contributed by atoms with Crippen LogP contribution < -0.4 is 4.74 Å². The molecule has 0 aliphatic heterocycles. The molecule has 1 N–H and O–H groups in total. The van der Waals surface area contributed by atoms with Gasteiger partial charge in [-0.3, -0.25) is 0 Å². The summed E-state index contributed by atoms with van der Waals surface area (Å²) in [6.07, 6.45) is 0. The first-order chi connectivity index (χ1) is 14.5. The van der Waals surface area contributed by atoms with Gasteiger partial charge in [0.1, 0.15) is 17.0 Å². The molecular weight excluding hydrogens is 376 g/mol. The average Bonchev–Trinajstić information content (AvgIpc) is 3.17. The minimum Gasteiger partial charge on any atom is -0.497 e. The van der Waals surface area contributed by atoms with Crippen LogP contribution in [-0.2, 0) is 0 Å². The van der Waals surface area contributed by atoms with E-state index in [9.17, 15) is 9.90 Å². The molecular formula is C25H22N2O3. The van der Waals surface area contributed by atoms with E-state index in [1.54, 1.807) is 17.9 Å². The third kappa shape index (κ3) is 3.46. The van der Waals surface area contributed by atoms with E-state index in [4.69, 9.17) is 9.84 Å². The van der Waals surface area contributed by atoms with Gasteiger partial charge in [0.15, 0.2) is 0 Å². The Bertz CT molecular complexity index is 1230. The quantitative estimate of drug-likeness (QED) is 0.480. The summed E-state index contributed by atoms with van der Waals surface area (Å²) in [6, 6.07) is 22.8. The monoisotopic (exact) mass is 398 g/mol. The Kier molecular flexibility index (Phi) is 5.11. The SMILES string of the molecule is COc1cccc(-c2nn(-c3ccc(C)c(C)c3)c(-c3ccccc3)c2C(=O)O)c1. The predicted octanol–water partition coefficient (Wildman–Crippen LogP) is 5.53. The van der Waals surface area contributed by atoms with Crippen LogP contribution in [0.4, 0.5) is 0 Å². The number of aromatic carboxylic acids is 1. The molecule has 0 saturated carbocycles. The first-order valence-corrected chi connectivity index (χ1v) is 9.63. The van der Waals surface area contributed by atoms with Crippen molar-refractivity contribution in [3.8, 4) is 34.0 Å². The number of aryl methyl sites for hydroxylation is 2. The number of benzene rings is 3. The Balaban J connectivity index is 2.06. The highest BCUT2D eigenvalue weighted by molar-refractivity contribution is 6.02. The first-order valence-electron chi connectivity index (χ1n) is 9.63. The summed E-state index contributed by atoms with van der Waals surface area (Å²) in [7, 11) is 1.58. The van der Waals surface area contributed by atoms with E-state index in [-0.39, 0.29) is 5.56 Å². The number of hydrogen-bond donors (Lipinski definition) is 1. The zero-order valence-electron chi connectivity index (χ0n) is 17.1. The fourth-order valence-corrected chi connectivity index (χ4v) is 3.50. The Morgan fingerprint density at radius 1 is 0.900 bits per heavy atom. The van der Waals surface area contributed by atoms with Crippen LogP contribution in [0.25, 0.3) is 28.2 Å². The molecule has 150 valence electrons. The molecule has 0 radical (unpaired) electrons. The number of carboxylic acid groups (broad SMARTS) is 1. The number of carboxylic acids is 1. The van der Waals surface area contributed by atoms with Crippen molar-refractivity contribution in [3.63, 3.8) is 0 Å². The molecule has 0 unspecified atom stereocenters. The van der Waals surface area contributed by atoms with Crippen LogP contribution in [0.1, 0.15) is 21.5 Å². The van der Waals surface area contributed by atoms with Crippen LogP contribution in [0.5, 0.6) is 5.75 Å². The molecule has 0 amide bonds. The van der Waals surface area contributed by atoms with Crippen LogP contribution in [-0.4, -0.2) is 28.0 Å². The summed E-state index contributed by atoms with van der Waals surface area (Å²) in [5, 5.41) is 14.9. The molecule has 0 saturated heterocycles. The largest absolute Gasteiger partial charge is 0.497 e. The highest BCUT2D eigenvalue weighted by atomic mass is 16.5.